The van der Waals surface area contributed by atoms with Gasteiger partial charge >= 0.3 is 15.6 Å². The second-order valence-corrected chi connectivity index (χ2v) is 8.37. The molecule has 0 aliphatic carbocycles. The van der Waals surface area contributed by atoms with Crippen molar-refractivity contribution in [1.82, 2.24) is 0 Å². The van der Waals surface area contributed by atoms with Crippen LogP contribution >= 0.6 is 15.6 Å². The number of rotatable bonds is 10. The van der Waals surface area contributed by atoms with E-state index >= 15 is 0 Å². The molecule has 1 fully saturated rings. The lowest BCUT2D eigenvalue weighted by atomic mass is 9.94. The molecule has 5 unspecified atom stereocenters. The quantitative estimate of drug-likeness (QED) is 0.334. The van der Waals surface area contributed by atoms with Crippen molar-refractivity contribution in [3.8, 4) is 0 Å². The number of phosphoric ester groups is 2. The highest BCUT2D eigenvalue weighted by molar-refractivity contribution is 7.47. The van der Waals surface area contributed by atoms with Crippen molar-refractivity contribution >= 4 is 23.5 Å². The Balaban J connectivity index is 2.36. The molecule has 2 radical (unpaired) electrons. The summed E-state index contributed by atoms with van der Waals surface area (Å²) in [5.74, 6) is 0.0645. The van der Waals surface area contributed by atoms with Crippen LogP contribution in [0.5, 0.6) is 0 Å². The van der Waals surface area contributed by atoms with E-state index in [0.717, 1.165) is 7.11 Å². The maximum absolute atomic E-state index is 11.9. The van der Waals surface area contributed by atoms with Crippen LogP contribution in [-0.2, 0) is 32.0 Å². The summed E-state index contributed by atoms with van der Waals surface area (Å²) < 4.78 is 47.1. The highest BCUT2D eigenvalue weighted by Gasteiger charge is 2.40. The van der Waals surface area contributed by atoms with E-state index in [4.69, 9.17) is 26.5 Å². The van der Waals surface area contributed by atoms with Gasteiger partial charge in [0.05, 0.1) is 25.4 Å². The van der Waals surface area contributed by atoms with Crippen LogP contribution in [0.4, 0.5) is 0 Å². The summed E-state index contributed by atoms with van der Waals surface area (Å²) in [4.78, 5) is 18.7. The van der Waals surface area contributed by atoms with E-state index < -0.39 is 27.8 Å². The summed E-state index contributed by atoms with van der Waals surface area (Å²) in [5, 5.41) is 0. The first-order valence-corrected chi connectivity index (χ1v) is 10.2. The molecule has 23 heavy (non-hydrogen) atoms. The Morgan fingerprint density at radius 2 is 1.78 bits per heavy atom. The highest BCUT2D eigenvalue weighted by atomic mass is 31.2. The average Bonchev–Trinajstić information content (AvgIpc) is 2.78. The Labute approximate surface area is 137 Å². The van der Waals surface area contributed by atoms with Crippen molar-refractivity contribution in [3.63, 3.8) is 0 Å². The van der Waals surface area contributed by atoms with E-state index in [9.17, 15) is 14.0 Å². The molecule has 0 aromatic rings. The smallest absolute Gasteiger partial charge is 0.382 e. The van der Waals surface area contributed by atoms with Crippen molar-refractivity contribution in [2.24, 2.45) is 5.92 Å². The summed E-state index contributed by atoms with van der Waals surface area (Å²) >= 11 is 0. The second-order valence-electron chi connectivity index (χ2n) is 5.40. The van der Waals surface area contributed by atoms with Gasteiger partial charge in [0.1, 0.15) is 7.85 Å². The number of phosphoric acid groups is 2. The Morgan fingerprint density at radius 3 is 2.30 bits per heavy atom. The number of hydrogen-bond acceptors (Lipinski definition) is 7. The zero-order valence-electron chi connectivity index (χ0n) is 13.4. The highest BCUT2D eigenvalue weighted by Crippen LogP contribution is 2.48. The van der Waals surface area contributed by atoms with Crippen molar-refractivity contribution in [2.45, 2.75) is 44.9 Å². The molecule has 9 nitrogen and oxygen atoms in total. The fraction of sp³-hybridized carbons (Fsp3) is 1.00. The van der Waals surface area contributed by atoms with Crippen LogP contribution in [0.25, 0.3) is 0 Å². The molecule has 0 aromatic carbocycles. The van der Waals surface area contributed by atoms with Crippen LogP contribution in [-0.4, -0.2) is 56.2 Å². The minimum atomic E-state index is -4.29. The fourth-order valence-corrected chi connectivity index (χ4v) is 3.50. The lowest BCUT2D eigenvalue weighted by molar-refractivity contribution is -0.00179. The molecule has 134 valence electrons. The molecule has 0 spiro atoms. The first-order chi connectivity index (χ1) is 10.6. The van der Waals surface area contributed by atoms with Crippen molar-refractivity contribution in [2.75, 3.05) is 20.3 Å². The molecule has 5 atom stereocenters. The van der Waals surface area contributed by atoms with Crippen LogP contribution in [0, 0.1) is 5.92 Å². The SMILES string of the molecule is [B]C1CC(OP(=O)(O)OCCCOP(=O)(O)OC)C(C(C)C)O1. The first kappa shape index (κ1) is 21.3. The topological polar surface area (TPSA) is 121 Å². The van der Waals surface area contributed by atoms with Gasteiger partial charge in [-0.2, -0.15) is 0 Å². The molecule has 1 rings (SSSR count). The first-order valence-electron chi connectivity index (χ1n) is 7.16. The van der Waals surface area contributed by atoms with Crippen LogP contribution in [0.2, 0.25) is 0 Å². The minimum Gasteiger partial charge on any atom is -0.382 e. The summed E-state index contributed by atoms with van der Waals surface area (Å²) in [7, 11) is -1.63. The van der Waals surface area contributed by atoms with Gasteiger partial charge in [0.15, 0.2) is 0 Å². The monoisotopic (exact) mass is 372 g/mol. The van der Waals surface area contributed by atoms with Crippen molar-refractivity contribution in [1.29, 1.82) is 0 Å². The van der Waals surface area contributed by atoms with Gasteiger partial charge in [-0.1, -0.05) is 13.8 Å². The molecule has 2 N–H and O–H groups in total. The molecule has 0 saturated carbocycles. The van der Waals surface area contributed by atoms with Gasteiger partial charge in [0.2, 0.25) is 0 Å². The molecule has 0 bridgehead atoms. The van der Waals surface area contributed by atoms with E-state index in [2.05, 4.69) is 9.05 Å². The molecule has 1 aliphatic heterocycles. The molecule has 1 saturated heterocycles. The largest absolute Gasteiger partial charge is 0.472 e. The van der Waals surface area contributed by atoms with Gasteiger partial charge in [-0.25, -0.2) is 9.13 Å². The number of hydrogen-bond donors (Lipinski definition) is 2. The predicted octanol–water partition coefficient (Wildman–Crippen LogP) is 1.58. The Kier molecular flexibility index (Phi) is 8.41. The van der Waals surface area contributed by atoms with E-state index in [-0.39, 0.29) is 31.7 Å². The van der Waals surface area contributed by atoms with Crippen LogP contribution < -0.4 is 0 Å². The fourth-order valence-electron chi connectivity index (χ4n) is 2.07. The predicted molar refractivity (Wildman–Crippen MR) is 81.9 cm³/mol. The zero-order valence-corrected chi connectivity index (χ0v) is 15.2. The molecular formula is C11H23BO9P2. The molecule has 1 heterocycles. The van der Waals surface area contributed by atoms with E-state index in [0.29, 0.717) is 6.42 Å². The summed E-state index contributed by atoms with van der Waals surface area (Å²) in [6.07, 6.45) is -0.625. The lowest BCUT2D eigenvalue weighted by Crippen LogP contribution is -2.28. The normalized spacial score (nSPS) is 30.3. The van der Waals surface area contributed by atoms with Crippen LogP contribution in [0.3, 0.4) is 0 Å². The van der Waals surface area contributed by atoms with Gasteiger partial charge in [-0.05, 0) is 18.8 Å². The summed E-state index contributed by atoms with van der Waals surface area (Å²) in [5.41, 5.74) is 0. The molecule has 0 amide bonds. The second kappa shape index (κ2) is 9.08. The Hall–Kier alpha value is 0.245. The third kappa shape index (κ3) is 7.77. The minimum absolute atomic E-state index is 0.0645. The van der Waals surface area contributed by atoms with Crippen molar-refractivity contribution < 1.29 is 41.7 Å². The van der Waals surface area contributed by atoms with E-state index in [1.54, 1.807) is 0 Å². The maximum Gasteiger partial charge on any atom is 0.472 e. The standard InChI is InChI=1S/C11H23BO9P2/c1-8(2)11-9(7-10(12)20-11)21-23(15,16)19-6-4-5-18-22(13,14)17-3/h8-11H,4-7H2,1-3H3,(H,13,14)(H,15,16). The van der Waals surface area contributed by atoms with Gasteiger partial charge in [-0.3, -0.25) is 18.1 Å². The van der Waals surface area contributed by atoms with Gasteiger partial charge in [0, 0.05) is 13.1 Å². The molecule has 12 heteroatoms. The van der Waals surface area contributed by atoms with Gasteiger partial charge in [-0.15, -0.1) is 0 Å². The Morgan fingerprint density at radius 1 is 1.22 bits per heavy atom. The lowest BCUT2D eigenvalue weighted by Gasteiger charge is -2.24. The van der Waals surface area contributed by atoms with E-state index in [1.807, 2.05) is 13.8 Å². The zero-order chi connectivity index (χ0) is 17.7. The Bertz CT molecular complexity index is 461. The van der Waals surface area contributed by atoms with Crippen LogP contribution in [0.1, 0.15) is 26.7 Å². The van der Waals surface area contributed by atoms with E-state index in [1.165, 1.54) is 0 Å². The van der Waals surface area contributed by atoms with Gasteiger partial charge < -0.3 is 14.5 Å². The van der Waals surface area contributed by atoms with Gasteiger partial charge in [0.25, 0.3) is 0 Å². The molecular weight excluding hydrogens is 349 g/mol. The third-order valence-electron chi connectivity index (χ3n) is 3.12. The third-order valence-corrected chi connectivity index (χ3v) is 5.13. The molecule has 1 aliphatic rings. The maximum atomic E-state index is 11.9. The average molecular weight is 372 g/mol. The summed E-state index contributed by atoms with van der Waals surface area (Å²) in [6.45, 7) is 3.42. The number of ether oxygens (including phenoxy) is 1. The van der Waals surface area contributed by atoms with Crippen molar-refractivity contribution in [3.05, 3.63) is 0 Å². The molecule has 0 aromatic heterocycles. The van der Waals surface area contributed by atoms with Crippen LogP contribution in [0.15, 0.2) is 0 Å². The summed E-state index contributed by atoms with van der Waals surface area (Å²) in [6, 6.07) is -0.548.